The van der Waals surface area contributed by atoms with Crippen LogP contribution in [0.3, 0.4) is 0 Å². The Bertz CT molecular complexity index is 607. The largest absolute Gasteiger partial charge is 0.493 e. The second-order valence-corrected chi connectivity index (χ2v) is 5.97. The summed E-state index contributed by atoms with van der Waals surface area (Å²) in [6, 6.07) is 4.75. The summed E-state index contributed by atoms with van der Waals surface area (Å²) in [4.78, 5) is 23.2. The molecule has 7 nitrogen and oxygen atoms in total. The molecule has 5 N–H and O–H groups in total. The summed E-state index contributed by atoms with van der Waals surface area (Å²) in [7, 11) is 1.46. The van der Waals surface area contributed by atoms with Gasteiger partial charge in [-0.05, 0) is 43.9 Å². The van der Waals surface area contributed by atoms with E-state index in [1.54, 1.807) is 18.2 Å². The van der Waals surface area contributed by atoms with E-state index >= 15 is 0 Å². The van der Waals surface area contributed by atoms with Crippen LogP contribution in [0.4, 0.5) is 0 Å². The highest BCUT2D eigenvalue weighted by Crippen LogP contribution is 2.39. The molecule has 0 radical (unpaired) electrons. The van der Waals surface area contributed by atoms with E-state index in [0.717, 1.165) is 12.8 Å². The molecule has 0 saturated heterocycles. The van der Waals surface area contributed by atoms with Crippen molar-refractivity contribution in [3.05, 3.63) is 23.8 Å². The number of nitrogens with two attached hydrogens (primary N) is 2. The van der Waals surface area contributed by atoms with Gasteiger partial charge in [0.25, 0.3) is 11.8 Å². The van der Waals surface area contributed by atoms with Crippen LogP contribution in [0.5, 0.6) is 11.5 Å². The van der Waals surface area contributed by atoms with Gasteiger partial charge in [-0.25, -0.2) is 0 Å². The molecule has 1 saturated carbocycles. The molecule has 0 aliphatic heterocycles. The van der Waals surface area contributed by atoms with Crippen molar-refractivity contribution in [2.75, 3.05) is 20.3 Å². The van der Waals surface area contributed by atoms with Gasteiger partial charge in [-0.2, -0.15) is 0 Å². The fourth-order valence-corrected chi connectivity index (χ4v) is 2.45. The quantitative estimate of drug-likeness (QED) is 0.637. The zero-order chi connectivity index (χ0) is 17.0. The highest BCUT2D eigenvalue weighted by molar-refractivity contribution is 5.95. The van der Waals surface area contributed by atoms with Gasteiger partial charge in [0.05, 0.1) is 12.6 Å². The number of carbonyl (C=O) groups excluding carboxylic acids is 2. The Kier molecular flexibility index (Phi) is 6.86. The summed E-state index contributed by atoms with van der Waals surface area (Å²) in [6.07, 6.45) is 2.16. The zero-order valence-corrected chi connectivity index (χ0v) is 14.7. The molecule has 2 rings (SSSR count). The molecule has 24 heavy (non-hydrogen) atoms. The topological polar surface area (TPSA) is 117 Å². The molecule has 1 aliphatic carbocycles. The lowest BCUT2D eigenvalue weighted by Crippen LogP contribution is -2.53. The first kappa shape index (κ1) is 20.1. The molecule has 0 aromatic heterocycles. The van der Waals surface area contributed by atoms with Crippen LogP contribution in [-0.4, -0.2) is 37.6 Å². The molecule has 1 fully saturated rings. The maximum atomic E-state index is 12.5. The Balaban J connectivity index is 0.00000288. The van der Waals surface area contributed by atoms with Crippen molar-refractivity contribution in [2.24, 2.45) is 17.4 Å². The van der Waals surface area contributed by atoms with Gasteiger partial charge in [0, 0.05) is 12.1 Å². The van der Waals surface area contributed by atoms with Gasteiger partial charge in [0.2, 0.25) is 0 Å². The number of methoxy groups -OCH3 is 1. The molecule has 1 unspecified atom stereocenters. The fourth-order valence-electron chi connectivity index (χ4n) is 2.45. The molecule has 0 heterocycles. The average Bonchev–Trinajstić information content (AvgIpc) is 3.37. The van der Waals surface area contributed by atoms with E-state index in [2.05, 4.69) is 5.32 Å². The minimum absolute atomic E-state index is 0. The third kappa shape index (κ3) is 4.75. The Morgan fingerprint density at radius 3 is 2.50 bits per heavy atom. The van der Waals surface area contributed by atoms with Gasteiger partial charge in [-0.1, -0.05) is 0 Å². The third-order valence-corrected chi connectivity index (χ3v) is 4.10. The Hall–Kier alpha value is -1.99. The normalized spacial score (nSPS) is 15.6. The van der Waals surface area contributed by atoms with Crippen LogP contribution >= 0.6 is 12.4 Å². The minimum Gasteiger partial charge on any atom is -0.493 e. The van der Waals surface area contributed by atoms with Crippen LogP contribution in [0.15, 0.2) is 18.2 Å². The van der Waals surface area contributed by atoms with Crippen molar-refractivity contribution in [3.63, 3.8) is 0 Å². The van der Waals surface area contributed by atoms with Crippen molar-refractivity contribution in [1.29, 1.82) is 0 Å². The zero-order valence-electron chi connectivity index (χ0n) is 13.8. The van der Waals surface area contributed by atoms with Crippen LogP contribution in [0.25, 0.3) is 0 Å². The SMILES string of the molecule is COc1cc(C(=O)NC(C)(CN)C2CC2)ccc1OCC(N)=O.Cl. The maximum Gasteiger partial charge on any atom is 0.255 e. The van der Waals surface area contributed by atoms with Crippen molar-refractivity contribution >= 4 is 24.2 Å². The van der Waals surface area contributed by atoms with E-state index in [-0.39, 0.29) is 24.9 Å². The first-order valence-electron chi connectivity index (χ1n) is 7.51. The first-order valence-corrected chi connectivity index (χ1v) is 7.51. The number of nitrogens with one attached hydrogen (secondary N) is 1. The lowest BCUT2D eigenvalue weighted by Gasteiger charge is -2.29. The number of benzene rings is 1. The molecule has 0 bridgehead atoms. The summed E-state index contributed by atoms with van der Waals surface area (Å²) in [5.74, 6) is 0.338. The number of ether oxygens (including phenoxy) is 2. The Morgan fingerprint density at radius 2 is 2.00 bits per heavy atom. The van der Waals surface area contributed by atoms with Crippen LogP contribution < -0.4 is 26.3 Å². The summed E-state index contributed by atoms with van der Waals surface area (Å²) >= 11 is 0. The predicted molar refractivity (Wildman–Crippen MR) is 92.6 cm³/mol. The van der Waals surface area contributed by atoms with Gasteiger partial charge in [0.15, 0.2) is 18.1 Å². The van der Waals surface area contributed by atoms with Gasteiger partial charge < -0.3 is 26.3 Å². The second-order valence-electron chi connectivity index (χ2n) is 5.97. The number of primary amides is 1. The maximum absolute atomic E-state index is 12.5. The van der Waals surface area contributed by atoms with E-state index in [4.69, 9.17) is 20.9 Å². The van der Waals surface area contributed by atoms with E-state index in [1.165, 1.54) is 7.11 Å². The smallest absolute Gasteiger partial charge is 0.255 e. The predicted octanol–water partition coefficient (Wildman–Crippen LogP) is 0.838. The Morgan fingerprint density at radius 1 is 1.33 bits per heavy atom. The van der Waals surface area contributed by atoms with Crippen molar-refractivity contribution < 1.29 is 19.1 Å². The molecule has 2 amide bonds. The Labute approximate surface area is 147 Å². The average molecular weight is 358 g/mol. The number of hydrogen-bond acceptors (Lipinski definition) is 5. The van der Waals surface area contributed by atoms with Crippen LogP contribution in [-0.2, 0) is 4.79 Å². The number of rotatable bonds is 8. The highest BCUT2D eigenvalue weighted by Gasteiger charge is 2.41. The molecule has 8 heteroatoms. The molecule has 1 aromatic carbocycles. The molecular formula is C16H24ClN3O4. The monoisotopic (exact) mass is 357 g/mol. The summed E-state index contributed by atoms with van der Waals surface area (Å²) in [5.41, 5.74) is 10.9. The molecule has 1 aliphatic rings. The molecular weight excluding hydrogens is 334 g/mol. The number of carbonyl (C=O) groups is 2. The standard InChI is InChI=1S/C16H23N3O4.ClH/c1-16(9-17,11-4-5-11)19-15(21)10-3-6-12(13(7-10)22-2)23-8-14(18)20;/h3,6-7,11H,4-5,8-9,17H2,1-2H3,(H2,18,20)(H,19,21);1H. The van der Waals surface area contributed by atoms with Crippen molar-refractivity contribution in [2.45, 2.75) is 25.3 Å². The van der Waals surface area contributed by atoms with Crippen molar-refractivity contribution in [1.82, 2.24) is 5.32 Å². The van der Waals surface area contributed by atoms with Crippen LogP contribution in [0, 0.1) is 5.92 Å². The van der Waals surface area contributed by atoms with E-state index < -0.39 is 11.4 Å². The van der Waals surface area contributed by atoms with E-state index in [9.17, 15) is 9.59 Å². The van der Waals surface area contributed by atoms with Gasteiger partial charge in [-0.3, -0.25) is 9.59 Å². The summed E-state index contributed by atoms with van der Waals surface area (Å²) in [5, 5.41) is 3.01. The van der Waals surface area contributed by atoms with E-state index in [0.29, 0.717) is 29.5 Å². The molecule has 0 spiro atoms. The third-order valence-electron chi connectivity index (χ3n) is 4.10. The molecule has 1 atom stereocenters. The minimum atomic E-state index is -0.586. The second kappa shape index (κ2) is 8.21. The highest BCUT2D eigenvalue weighted by atomic mass is 35.5. The van der Waals surface area contributed by atoms with E-state index in [1.807, 2.05) is 6.92 Å². The number of hydrogen-bond donors (Lipinski definition) is 3. The number of amides is 2. The van der Waals surface area contributed by atoms with Crippen LogP contribution in [0.1, 0.15) is 30.1 Å². The lowest BCUT2D eigenvalue weighted by atomic mass is 9.95. The van der Waals surface area contributed by atoms with Crippen LogP contribution in [0.2, 0.25) is 0 Å². The summed E-state index contributed by atoms with van der Waals surface area (Å²) in [6.45, 7) is 2.10. The summed E-state index contributed by atoms with van der Waals surface area (Å²) < 4.78 is 10.4. The first-order chi connectivity index (χ1) is 10.9. The number of halogens is 1. The van der Waals surface area contributed by atoms with Gasteiger partial charge in [-0.15, -0.1) is 12.4 Å². The van der Waals surface area contributed by atoms with Gasteiger partial charge >= 0.3 is 0 Å². The fraction of sp³-hybridized carbons (Fsp3) is 0.500. The molecule has 134 valence electrons. The molecule has 1 aromatic rings. The lowest BCUT2D eigenvalue weighted by molar-refractivity contribution is -0.119. The van der Waals surface area contributed by atoms with Crippen molar-refractivity contribution in [3.8, 4) is 11.5 Å². The van der Waals surface area contributed by atoms with Gasteiger partial charge in [0.1, 0.15) is 0 Å².